The van der Waals surface area contributed by atoms with Crippen LogP contribution in [0.15, 0.2) is 46.0 Å². The highest BCUT2D eigenvalue weighted by molar-refractivity contribution is 5.88. The molecule has 0 bridgehead atoms. The molecule has 1 N–H and O–H groups in total. The summed E-state index contributed by atoms with van der Waals surface area (Å²) in [5.74, 6) is -0.455. The van der Waals surface area contributed by atoms with Crippen LogP contribution in [0.3, 0.4) is 0 Å². The molecule has 0 aromatic heterocycles. The topological polar surface area (TPSA) is 80.5 Å². The third-order valence-electron chi connectivity index (χ3n) is 2.15. The van der Waals surface area contributed by atoms with E-state index in [1.807, 2.05) is 0 Å². The molecule has 1 aromatic carbocycles. The van der Waals surface area contributed by atoms with E-state index in [0.717, 1.165) is 0 Å². The number of aliphatic hydroxyl groups excluding tert-OH is 1. The number of nitrogens with zero attached hydrogens (tertiary/aromatic N) is 2. The van der Waals surface area contributed by atoms with Gasteiger partial charge in [-0.05, 0) is 26.0 Å². The second-order valence-corrected chi connectivity index (χ2v) is 3.53. The molecule has 0 saturated carbocycles. The molecule has 0 aliphatic carbocycles. The molecule has 102 valence electrons. The van der Waals surface area contributed by atoms with Crippen molar-refractivity contribution in [1.82, 2.24) is 0 Å². The van der Waals surface area contributed by atoms with Gasteiger partial charge in [-0.2, -0.15) is 0 Å². The molecule has 0 spiro atoms. The van der Waals surface area contributed by atoms with Crippen LogP contribution < -0.4 is 4.74 Å². The third-order valence-corrected chi connectivity index (χ3v) is 2.15. The molecule has 6 nitrogen and oxygen atoms in total. The fourth-order valence-corrected chi connectivity index (χ4v) is 1.28. The Morgan fingerprint density at radius 1 is 1.37 bits per heavy atom. The summed E-state index contributed by atoms with van der Waals surface area (Å²) >= 11 is 0. The first-order chi connectivity index (χ1) is 9.10. The lowest BCUT2D eigenvalue weighted by Crippen LogP contribution is -2.07. The van der Waals surface area contributed by atoms with Gasteiger partial charge in [0.2, 0.25) is 5.70 Å². The summed E-state index contributed by atoms with van der Waals surface area (Å²) < 4.78 is 9.87. The Hall–Kier alpha value is -2.37. The number of para-hydroxylation sites is 1. The molecule has 0 atom stereocenters. The van der Waals surface area contributed by atoms with Crippen LogP contribution >= 0.6 is 0 Å². The van der Waals surface area contributed by atoms with E-state index in [4.69, 9.17) is 9.47 Å². The lowest BCUT2D eigenvalue weighted by Gasteiger charge is -2.04. The number of rotatable bonds is 5. The molecule has 6 heteroatoms. The number of ether oxygens (including phenoxy) is 2. The predicted molar refractivity (Wildman–Crippen MR) is 69.5 cm³/mol. The Kier molecular flexibility index (Phi) is 5.53. The monoisotopic (exact) mass is 264 g/mol. The lowest BCUT2D eigenvalue weighted by molar-refractivity contribution is -0.138. The van der Waals surface area contributed by atoms with E-state index in [0.29, 0.717) is 11.4 Å². The number of allylic oxidation sites excluding steroid dienone is 1. The van der Waals surface area contributed by atoms with Crippen LogP contribution in [0.2, 0.25) is 0 Å². The van der Waals surface area contributed by atoms with E-state index in [9.17, 15) is 9.90 Å². The van der Waals surface area contributed by atoms with E-state index in [-0.39, 0.29) is 18.1 Å². The summed E-state index contributed by atoms with van der Waals surface area (Å²) in [7, 11) is 1.51. The summed E-state index contributed by atoms with van der Waals surface area (Å²) in [6.45, 7) is 3.20. The molecule has 1 rings (SSSR count). The van der Waals surface area contributed by atoms with Gasteiger partial charge in [-0.3, -0.25) is 0 Å². The average Bonchev–Trinajstić information content (AvgIpc) is 2.39. The predicted octanol–water partition coefficient (Wildman–Crippen LogP) is 3.13. The van der Waals surface area contributed by atoms with Crippen molar-refractivity contribution < 1.29 is 19.4 Å². The van der Waals surface area contributed by atoms with Crippen LogP contribution in [0.5, 0.6) is 5.75 Å². The summed E-state index contributed by atoms with van der Waals surface area (Å²) in [5.41, 5.74) is 0.223. The maximum atomic E-state index is 11.5. The summed E-state index contributed by atoms with van der Waals surface area (Å²) in [4.78, 5) is 11.5. The second-order valence-electron chi connectivity index (χ2n) is 3.53. The number of carbonyl (C=O) groups is 1. The summed E-state index contributed by atoms with van der Waals surface area (Å²) in [6, 6.07) is 6.94. The highest BCUT2D eigenvalue weighted by Gasteiger charge is 2.14. The van der Waals surface area contributed by atoms with Crippen molar-refractivity contribution in [3.8, 4) is 5.75 Å². The van der Waals surface area contributed by atoms with Crippen molar-refractivity contribution in [2.45, 2.75) is 13.8 Å². The highest BCUT2D eigenvalue weighted by Crippen LogP contribution is 2.27. The van der Waals surface area contributed by atoms with Crippen LogP contribution in [0.4, 0.5) is 5.69 Å². The number of benzene rings is 1. The van der Waals surface area contributed by atoms with E-state index < -0.39 is 5.97 Å². The van der Waals surface area contributed by atoms with Crippen LogP contribution in [-0.4, -0.2) is 24.8 Å². The van der Waals surface area contributed by atoms with Gasteiger partial charge in [0.1, 0.15) is 17.2 Å². The Morgan fingerprint density at radius 3 is 2.63 bits per heavy atom. The zero-order chi connectivity index (χ0) is 14.3. The quantitative estimate of drug-likeness (QED) is 0.383. The first kappa shape index (κ1) is 14.7. The smallest absolute Gasteiger partial charge is 0.362 e. The first-order valence-corrected chi connectivity index (χ1v) is 5.71. The standard InChI is InChI=1S/C13H16N2O4/c1-4-19-13(17)12(9(2)16)15-14-10-7-5-6-8-11(10)18-3/h5-8,16H,4H2,1-3H3/b12-9-,15-14?. The molecule has 0 heterocycles. The van der Waals surface area contributed by atoms with E-state index >= 15 is 0 Å². The number of aliphatic hydroxyl groups is 1. The molecular weight excluding hydrogens is 248 g/mol. The molecule has 0 saturated heterocycles. The van der Waals surface area contributed by atoms with Crippen molar-refractivity contribution in [3.63, 3.8) is 0 Å². The molecule has 19 heavy (non-hydrogen) atoms. The maximum absolute atomic E-state index is 11.5. The zero-order valence-electron chi connectivity index (χ0n) is 11.1. The maximum Gasteiger partial charge on any atom is 0.362 e. The van der Waals surface area contributed by atoms with Gasteiger partial charge < -0.3 is 14.6 Å². The second kappa shape index (κ2) is 7.15. The average molecular weight is 264 g/mol. The Bertz CT molecular complexity index is 505. The number of methoxy groups -OCH3 is 1. The van der Waals surface area contributed by atoms with Gasteiger partial charge in [0, 0.05) is 0 Å². The number of esters is 1. The van der Waals surface area contributed by atoms with Gasteiger partial charge in [0.05, 0.1) is 13.7 Å². The number of hydrogen-bond acceptors (Lipinski definition) is 6. The van der Waals surface area contributed by atoms with Crippen LogP contribution in [0.25, 0.3) is 0 Å². The Morgan fingerprint density at radius 2 is 2.05 bits per heavy atom. The van der Waals surface area contributed by atoms with E-state index in [1.54, 1.807) is 31.2 Å². The normalized spacial score (nSPS) is 12.2. The van der Waals surface area contributed by atoms with Gasteiger partial charge >= 0.3 is 5.97 Å². The van der Waals surface area contributed by atoms with Crippen LogP contribution in [0, 0.1) is 0 Å². The lowest BCUT2D eigenvalue weighted by atomic mass is 10.3. The van der Waals surface area contributed by atoms with Gasteiger partial charge in [0.15, 0.2) is 0 Å². The fraction of sp³-hybridized carbons (Fsp3) is 0.308. The Balaban J connectivity index is 3.00. The highest BCUT2D eigenvalue weighted by atomic mass is 16.5. The van der Waals surface area contributed by atoms with Crippen LogP contribution in [0.1, 0.15) is 13.8 Å². The van der Waals surface area contributed by atoms with Crippen molar-refractivity contribution in [1.29, 1.82) is 0 Å². The minimum absolute atomic E-state index is 0.194. The molecule has 0 fully saturated rings. The largest absolute Gasteiger partial charge is 0.510 e. The molecular formula is C13H16N2O4. The van der Waals surface area contributed by atoms with Gasteiger partial charge in [0.25, 0.3) is 0 Å². The Labute approximate surface area is 111 Å². The molecule has 0 aliphatic heterocycles. The van der Waals surface area contributed by atoms with Gasteiger partial charge in [-0.1, -0.05) is 12.1 Å². The number of azo groups is 1. The molecule has 0 unspecified atom stereocenters. The van der Waals surface area contributed by atoms with Crippen molar-refractivity contribution in [2.75, 3.05) is 13.7 Å². The summed E-state index contributed by atoms with van der Waals surface area (Å²) in [6.07, 6.45) is 0. The molecule has 0 radical (unpaired) electrons. The van der Waals surface area contributed by atoms with Crippen molar-refractivity contribution in [2.24, 2.45) is 10.2 Å². The SMILES string of the molecule is CCOC(=O)/C(N=Nc1ccccc1OC)=C(\C)O. The zero-order valence-corrected chi connectivity index (χ0v) is 11.1. The molecule has 1 aromatic rings. The third kappa shape index (κ3) is 4.09. The number of hydrogen-bond donors (Lipinski definition) is 1. The minimum atomic E-state index is -0.721. The van der Waals surface area contributed by atoms with Gasteiger partial charge in [-0.15, -0.1) is 10.2 Å². The van der Waals surface area contributed by atoms with Crippen molar-refractivity contribution in [3.05, 3.63) is 35.7 Å². The molecule has 0 amide bonds. The van der Waals surface area contributed by atoms with E-state index in [1.165, 1.54) is 14.0 Å². The fourth-order valence-electron chi connectivity index (χ4n) is 1.28. The van der Waals surface area contributed by atoms with Crippen molar-refractivity contribution >= 4 is 11.7 Å². The van der Waals surface area contributed by atoms with Crippen LogP contribution in [-0.2, 0) is 9.53 Å². The summed E-state index contributed by atoms with van der Waals surface area (Å²) in [5, 5.41) is 17.0. The number of carbonyl (C=O) groups excluding carboxylic acids is 1. The minimum Gasteiger partial charge on any atom is -0.510 e. The van der Waals surface area contributed by atoms with E-state index in [2.05, 4.69) is 10.2 Å². The first-order valence-electron chi connectivity index (χ1n) is 5.71. The molecule has 0 aliphatic rings. The van der Waals surface area contributed by atoms with Gasteiger partial charge in [-0.25, -0.2) is 4.79 Å².